The molecule has 1 N–H and O–H groups in total. The molecular weight excluding hydrogens is 336 g/mol. The van der Waals surface area contributed by atoms with Gasteiger partial charge in [-0.1, -0.05) is 5.16 Å². The number of sulfonamides is 1. The second-order valence-corrected chi connectivity index (χ2v) is 8.26. The molecule has 23 heavy (non-hydrogen) atoms. The van der Waals surface area contributed by atoms with Gasteiger partial charge in [0.2, 0.25) is 10.0 Å². The average molecular weight is 352 g/mol. The zero-order valence-corrected chi connectivity index (χ0v) is 14.5. The van der Waals surface area contributed by atoms with Crippen molar-refractivity contribution in [2.45, 2.75) is 32.2 Å². The minimum atomic E-state index is -3.70. The highest BCUT2D eigenvalue weighted by molar-refractivity contribution is 7.89. The number of thiophene rings is 1. The first-order chi connectivity index (χ1) is 10.9. The molecule has 0 amide bonds. The Kier molecular flexibility index (Phi) is 4.13. The van der Waals surface area contributed by atoms with Crippen LogP contribution in [0.1, 0.15) is 21.3 Å². The molecule has 0 saturated carbocycles. The molecule has 3 aromatic rings. The monoisotopic (exact) mass is 352 g/mol. The van der Waals surface area contributed by atoms with E-state index >= 15 is 0 Å². The van der Waals surface area contributed by atoms with Crippen molar-refractivity contribution in [1.29, 1.82) is 0 Å². The molecule has 0 bridgehead atoms. The van der Waals surface area contributed by atoms with Crippen molar-refractivity contribution in [2.75, 3.05) is 0 Å². The molecule has 0 saturated heterocycles. The van der Waals surface area contributed by atoms with Crippen LogP contribution in [0.2, 0.25) is 0 Å². The van der Waals surface area contributed by atoms with E-state index in [1.54, 1.807) is 25.1 Å². The van der Waals surface area contributed by atoms with Gasteiger partial charge in [0, 0.05) is 15.8 Å². The summed E-state index contributed by atoms with van der Waals surface area (Å²) in [6.07, 6.45) is 1.50. The van der Waals surface area contributed by atoms with Gasteiger partial charge in [-0.25, -0.2) is 13.1 Å². The molecule has 0 unspecified atom stereocenters. The van der Waals surface area contributed by atoms with Crippen LogP contribution in [0.15, 0.2) is 38.2 Å². The van der Waals surface area contributed by atoms with Crippen LogP contribution in [0.4, 0.5) is 0 Å². The maximum atomic E-state index is 12.8. The number of hydrogen-bond donors (Lipinski definition) is 1. The summed E-state index contributed by atoms with van der Waals surface area (Å²) in [5, 5.41) is 3.67. The van der Waals surface area contributed by atoms with Crippen molar-refractivity contribution < 1.29 is 17.4 Å². The number of furan rings is 1. The fourth-order valence-electron chi connectivity index (χ4n) is 2.44. The maximum Gasteiger partial charge on any atom is 0.242 e. The maximum absolute atomic E-state index is 12.8. The van der Waals surface area contributed by atoms with Crippen LogP contribution in [0.3, 0.4) is 0 Å². The summed E-state index contributed by atoms with van der Waals surface area (Å²) in [7, 11) is -3.70. The first-order valence-electron chi connectivity index (χ1n) is 6.94. The number of nitrogens with one attached hydrogen (secondary N) is 1. The summed E-state index contributed by atoms with van der Waals surface area (Å²) in [5.74, 6) is 1.75. The summed E-state index contributed by atoms with van der Waals surface area (Å²) in [5.41, 5.74) is 0.563. The van der Waals surface area contributed by atoms with Crippen molar-refractivity contribution >= 4 is 21.4 Å². The SMILES string of the molecule is Cc1ccc(CNS(=O)(=O)c2c(C)sc(C)c2-c2ccno2)o1. The van der Waals surface area contributed by atoms with Crippen LogP contribution in [0, 0.1) is 20.8 Å². The smallest absolute Gasteiger partial charge is 0.242 e. The first-order valence-corrected chi connectivity index (χ1v) is 9.24. The standard InChI is InChI=1S/C15H16N2O4S2/c1-9-4-5-12(20-9)8-17-23(18,19)15-11(3)22-10(2)14(15)13-6-7-16-21-13/h4-7,17H,8H2,1-3H3. The van der Waals surface area contributed by atoms with Gasteiger partial charge in [-0.15, -0.1) is 11.3 Å². The third-order valence-electron chi connectivity index (χ3n) is 3.39. The van der Waals surface area contributed by atoms with Crippen LogP contribution >= 0.6 is 11.3 Å². The Hall–Kier alpha value is -1.90. The summed E-state index contributed by atoms with van der Waals surface area (Å²) in [6.45, 7) is 5.56. The quantitative estimate of drug-likeness (QED) is 0.760. The number of aromatic nitrogens is 1. The van der Waals surface area contributed by atoms with E-state index in [1.807, 2.05) is 13.8 Å². The molecule has 0 spiro atoms. The van der Waals surface area contributed by atoms with E-state index in [-0.39, 0.29) is 11.4 Å². The van der Waals surface area contributed by atoms with E-state index in [1.165, 1.54) is 17.5 Å². The summed E-state index contributed by atoms with van der Waals surface area (Å²) < 4.78 is 38.7. The first kappa shape index (κ1) is 16.0. The number of rotatable bonds is 5. The van der Waals surface area contributed by atoms with Crippen molar-refractivity contribution in [3.63, 3.8) is 0 Å². The van der Waals surface area contributed by atoms with Crippen molar-refractivity contribution in [1.82, 2.24) is 9.88 Å². The fourth-order valence-corrected chi connectivity index (χ4v) is 5.29. The lowest BCUT2D eigenvalue weighted by molar-refractivity contribution is 0.431. The Morgan fingerprint density at radius 1 is 1.17 bits per heavy atom. The van der Waals surface area contributed by atoms with Gasteiger partial charge in [0.1, 0.15) is 16.4 Å². The van der Waals surface area contributed by atoms with Gasteiger partial charge in [0.05, 0.1) is 18.3 Å². The lowest BCUT2D eigenvalue weighted by Gasteiger charge is -2.07. The highest BCUT2D eigenvalue weighted by Crippen LogP contribution is 2.38. The largest absolute Gasteiger partial charge is 0.465 e. The van der Waals surface area contributed by atoms with Gasteiger partial charge in [-0.2, -0.15) is 0 Å². The van der Waals surface area contributed by atoms with E-state index in [9.17, 15) is 8.42 Å². The molecule has 3 aromatic heterocycles. The molecule has 0 aliphatic rings. The molecule has 0 aromatic carbocycles. The van der Waals surface area contributed by atoms with Gasteiger partial charge in [0.15, 0.2) is 5.76 Å². The van der Waals surface area contributed by atoms with E-state index in [2.05, 4.69) is 9.88 Å². The van der Waals surface area contributed by atoms with Crippen molar-refractivity contribution in [3.05, 3.63) is 45.7 Å². The predicted molar refractivity (Wildman–Crippen MR) is 86.8 cm³/mol. The highest BCUT2D eigenvalue weighted by atomic mass is 32.2. The molecular formula is C15H16N2O4S2. The van der Waals surface area contributed by atoms with Gasteiger partial charge in [-0.3, -0.25) is 0 Å². The van der Waals surface area contributed by atoms with Crippen LogP contribution in [0.25, 0.3) is 11.3 Å². The molecule has 8 heteroatoms. The second-order valence-electron chi connectivity index (χ2n) is 5.13. The predicted octanol–water partition coefficient (Wildman–Crippen LogP) is 3.40. The summed E-state index contributed by atoms with van der Waals surface area (Å²) in [6, 6.07) is 5.20. The molecule has 6 nitrogen and oxygen atoms in total. The molecule has 3 rings (SSSR count). The summed E-state index contributed by atoms with van der Waals surface area (Å²) in [4.78, 5) is 1.81. The van der Waals surface area contributed by atoms with Gasteiger partial charge < -0.3 is 8.94 Å². The minimum absolute atomic E-state index is 0.0976. The topological polar surface area (TPSA) is 85.3 Å². The molecule has 0 aliphatic heterocycles. The van der Waals surface area contributed by atoms with Crippen LogP contribution < -0.4 is 4.72 Å². The second kappa shape index (κ2) is 5.95. The molecule has 0 fully saturated rings. The molecule has 0 radical (unpaired) electrons. The van der Waals surface area contributed by atoms with E-state index < -0.39 is 10.0 Å². The van der Waals surface area contributed by atoms with Crippen molar-refractivity contribution in [3.8, 4) is 11.3 Å². The van der Waals surface area contributed by atoms with Crippen LogP contribution in [-0.4, -0.2) is 13.6 Å². The lowest BCUT2D eigenvalue weighted by atomic mass is 10.2. The van der Waals surface area contributed by atoms with Gasteiger partial charge in [-0.05, 0) is 32.9 Å². The van der Waals surface area contributed by atoms with E-state index in [4.69, 9.17) is 8.94 Å². The zero-order valence-electron chi connectivity index (χ0n) is 12.9. The van der Waals surface area contributed by atoms with Crippen LogP contribution in [-0.2, 0) is 16.6 Å². The number of nitrogens with zero attached hydrogens (tertiary/aromatic N) is 1. The number of hydrogen-bond acceptors (Lipinski definition) is 6. The Bertz CT molecular complexity index is 921. The van der Waals surface area contributed by atoms with Gasteiger partial charge >= 0.3 is 0 Å². The third kappa shape index (κ3) is 3.10. The van der Waals surface area contributed by atoms with E-state index in [0.717, 1.165) is 10.6 Å². The van der Waals surface area contributed by atoms with E-state index in [0.29, 0.717) is 22.0 Å². The average Bonchev–Trinajstić information content (AvgIpc) is 3.17. The zero-order chi connectivity index (χ0) is 16.6. The Morgan fingerprint density at radius 3 is 2.57 bits per heavy atom. The fraction of sp³-hybridized carbons (Fsp3) is 0.267. The molecule has 0 aliphatic carbocycles. The van der Waals surface area contributed by atoms with Gasteiger partial charge in [0.25, 0.3) is 0 Å². The Balaban J connectivity index is 1.97. The highest BCUT2D eigenvalue weighted by Gasteiger charge is 2.27. The molecule has 122 valence electrons. The molecule has 0 atom stereocenters. The minimum Gasteiger partial charge on any atom is -0.465 e. The third-order valence-corrected chi connectivity index (χ3v) is 6.11. The Labute approximate surface area is 138 Å². The molecule has 3 heterocycles. The van der Waals surface area contributed by atoms with Crippen molar-refractivity contribution in [2.24, 2.45) is 0 Å². The normalized spacial score (nSPS) is 12.0. The Morgan fingerprint density at radius 2 is 1.96 bits per heavy atom. The lowest BCUT2D eigenvalue weighted by Crippen LogP contribution is -2.23. The number of aryl methyl sites for hydroxylation is 3. The van der Waals surface area contributed by atoms with Crippen LogP contribution in [0.5, 0.6) is 0 Å². The summed E-state index contributed by atoms with van der Waals surface area (Å²) >= 11 is 1.42.